The summed E-state index contributed by atoms with van der Waals surface area (Å²) in [5, 5.41) is 2.64. The number of benzene rings is 2. The first-order chi connectivity index (χ1) is 15.6. The van der Waals surface area contributed by atoms with Crippen LogP contribution in [0.1, 0.15) is 19.4 Å². The van der Waals surface area contributed by atoms with Crippen molar-refractivity contribution in [1.82, 2.24) is 10.2 Å². The van der Waals surface area contributed by atoms with Crippen molar-refractivity contribution < 1.29 is 31.9 Å². The molecule has 3 rings (SSSR count). The van der Waals surface area contributed by atoms with E-state index in [1.807, 2.05) is 0 Å². The van der Waals surface area contributed by atoms with E-state index in [2.05, 4.69) is 5.32 Å². The third-order valence-corrected chi connectivity index (χ3v) is 6.28. The molecule has 1 heterocycles. The average molecular weight is 480 g/mol. The summed E-state index contributed by atoms with van der Waals surface area (Å²) in [6, 6.07) is 9.44. The number of ether oxygens (including phenoxy) is 2. The predicted molar refractivity (Wildman–Crippen MR) is 120 cm³/mol. The molecule has 0 radical (unpaired) electrons. The smallest absolute Gasteiger partial charge is 0.244 e. The van der Waals surface area contributed by atoms with Gasteiger partial charge in [-0.15, -0.1) is 0 Å². The summed E-state index contributed by atoms with van der Waals surface area (Å²) >= 11 is 0. The number of carbonyl (C=O) groups excluding carboxylic acids is 2. The average Bonchev–Trinajstić information content (AvgIpc) is 3.23. The molecule has 178 valence electrons. The van der Waals surface area contributed by atoms with Gasteiger partial charge < -0.3 is 19.7 Å². The van der Waals surface area contributed by atoms with Crippen LogP contribution in [0.5, 0.6) is 11.5 Å². The zero-order chi connectivity index (χ0) is 24.2. The van der Waals surface area contributed by atoms with Gasteiger partial charge in [0.25, 0.3) is 0 Å². The van der Waals surface area contributed by atoms with Crippen LogP contribution < -0.4 is 19.1 Å². The van der Waals surface area contributed by atoms with Crippen LogP contribution in [0.25, 0.3) is 0 Å². The Hall–Kier alpha value is -3.34. The number of hydrogen-bond donors (Lipinski definition) is 1. The molecule has 2 aromatic rings. The number of rotatable bonds is 9. The highest BCUT2D eigenvalue weighted by Gasteiger charge is 2.31. The molecule has 2 aromatic carbocycles. The molecule has 0 aliphatic carbocycles. The van der Waals surface area contributed by atoms with Gasteiger partial charge >= 0.3 is 0 Å². The largest absolute Gasteiger partial charge is 0.454 e. The monoisotopic (exact) mass is 479 g/mol. The second-order valence-corrected chi connectivity index (χ2v) is 9.40. The number of amides is 2. The summed E-state index contributed by atoms with van der Waals surface area (Å²) in [5.41, 5.74) is 0.405. The minimum Gasteiger partial charge on any atom is -0.454 e. The summed E-state index contributed by atoms with van der Waals surface area (Å²) < 4.78 is 50.9. The highest BCUT2D eigenvalue weighted by atomic mass is 32.2. The van der Waals surface area contributed by atoms with Crippen molar-refractivity contribution in [2.24, 2.45) is 0 Å². The van der Waals surface area contributed by atoms with E-state index < -0.39 is 40.2 Å². The van der Waals surface area contributed by atoms with Gasteiger partial charge in [-0.2, -0.15) is 0 Å². The summed E-state index contributed by atoms with van der Waals surface area (Å²) in [5.74, 6) is -0.817. The molecular weight excluding hydrogens is 453 g/mol. The van der Waals surface area contributed by atoms with Gasteiger partial charge in [-0.3, -0.25) is 13.9 Å². The van der Waals surface area contributed by atoms with Crippen molar-refractivity contribution in [3.63, 3.8) is 0 Å². The standard InChI is InChI=1S/C22H26FN3O6S/c1-4-24-22(28)15(2)25(12-16-7-5-6-8-18(16)23)21(27)13-26(33(3,29)30)17-9-10-19-20(11-17)32-14-31-19/h5-11,15H,4,12-14H2,1-3H3,(H,24,28)/t15-/m0/s1. The lowest BCUT2D eigenvalue weighted by Crippen LogP contribution is -2.51. The molecule has 1 N–H and O–H groups in total. The van der Waals surface area contributed by atoms with Crippen LogP contribution in [-0.4, -0.2) is 57.3 Å². The Morgan fingerprint density at radius 3 is 2.52 bits per heavy atom. The summed E-state index contributed by atoms with van der Waals surface area (Å²) in [7, 11) is -3.89. The topological polar surface area (TPSA) is 105 Å². The molecule has 1 aliphatic rings. The number of nitrogens with zero attached hydrogens (tertiary/aromatic N) is 2. The van der Waals surface area contributed by atoms with Crippen LogP contribution in [0.15, 0.2) is 42.5 Å². The predicted octanol–water partition coefficient (Wildman–Crippen LogP) is 1.87. The Balaban J connectivity index is 1.92. The molecule has 0 fully saturated rings. The van der Waals surface area contributed by atoms with Crippen LogP contribution in [0, 0.1) is 5.82 Å². The molecule has 0 saturated heterocycles. The van der Waals surface area contributed by atoms with Gasteiger partial charge in [0.15, 0.2) is 11.5 Å². The zero-order valence-corrected chi connectivity index (χ0v) is 19.4. The maximum Gasteiger partial charge on any atom is 0.244 e. The number of likely N-dealkylation sites (N-methyl/N-ethyl adjacent to an activating group) is 1. The normalized spacial score (nSPS) is 13.3. The van der Waals surface area contributed by atoms with Crippen LogP contribution in [-0.2, 0) is 26.2 Å². The first kappa shape index (κ1) is 24.3. The third kappa shape index (κ3) is 5.72. The summed E-state index contributed by atoms with van der Waals surface area (Å²) in [6.45, 7) is 2.81. The number of hydrogen-bond acceptors (Lipinski definition) is 6. The van der Waals surface area contributed by atoms with Crippen molar-refractivity contribution >= 4 is 27.5 Å². The molecule has 0 saturated carbocycles. The van der Waals surface area contributed by atoms with E-state index in [1.54, 1.807) is 19.1 Å². The fourth-order valence-electron chi connectivity index (χ4n) is 3.37. The SMILES string of the molecule is CCNC(=O)[C@H](C)N(Cc1ccccc1F)C(=O)CN(c1ccc2c(c1)OCO2)S(C)(=O)=O. The zero-order valence-electron chi connectivity index (χ0n) is 18.6. The second kappa shape index (κ2) is 10.1. The van der Waals surface area contributed by atoms with E-state index in [9.17, 15) is 22.4 Å². The van der Waals surface area contributed by atoms with Gasteiger partial charge in [0.2, 0.25) is 28.6 Å². The number of anilines is 1. The molecule has 33 heavy (non-hydrogen) atoms. The Bertz CT molecular complexity index is 1140. The highest BCUT2D eigenvalue weighted by Crippen LogP contribution is 2.36. The lowest BCUT2D eigenvalue weighted by molar-refractivity contribution is -0.139. The van der Waals surface area contributed by atoms with Crippen LogP contribution in [0.3, 0.4) is 0 Å². The quantitative estimate of drug-likeness (QED) is 0.589. The number of sulfonamides is 1. The van der Waals surface area contributed by atoms with Crippen molar-refractivity contribution in [3.8, 4) is 11.5 Å². The van der Waals surface area contributed by atoms with E-state index in [1.165, 1.54) is 37.3 Å². The molecule has 1 atom stereocenters. The Labute approximate surface area is 192 Å². The van der Waals surface area contributed by atoms with Crippen molar-refractivity contribution in [2.45, 2.75) is 26.4 Å². The van der Waals surface area contributed by atoms with Crippen molar-refractivity contribution in [1.29, 1.82) is 0 Å². The van der Waals surface area contributed by atoms with E-state index in [0.717, 1.165) is 15.5 Å². The lowest BCUT2D eigenvalue weighted by atomic mass is 10.1. The molecule has 9 nitrogen and oxygen atoms in total. The first-order valence-corrected chi connectivity index (χ1v) is 12.1. The van der Waals surface area contributed by atoms with Crippen molar-refractivity contribution in [2.75, 3.05) is 30.4 Å². The van der Waals surface area contributed by atoms with Gasteiger partial charge in [0, 0.05) is 24.7 Å². The Kier molecular flexibility index (Phi) is 7.42. The van der Waals surface area contributed by atoms with Gasteiger partial charge in [-0.25, -0.2) is 12.8 Å². The number of fused-ring (bicyclic) bond motifs is 1. The van der Waals surface area contributed by atoms with Gasteiger partial charge in [-0.1, -0.05) is 18.2 Å². The molecule has 1 aliphatic heterocycles. The molecular formula is C22H26FN3O6S. The molecule has 2 amide bonds. The molecule has 0 spiro atoms. The lowest BCUT2D eigenvalue weighted by Gasteiger charge is -2.31. The highest BCUT2D eigenvalue weighted by molar-refractivity contribution is 7.92. The van der Waals surface area contributed by atoms with E-state index in [-0.39, 0.29) is 24.6 Å². The molecule has 0 bridgehead atoms. The Morgan fingerprint density at radius 2 is 1.85 bits per heavy atom. The van der Waals surface area contributed by atoms with Crippen molar-refractivity contribution in [3.05, 3.63) is 53.8 Å². The van der Waals surface area contributed by atoms with E-state index in [0.29, 0.717) is 18.0 Å². The number of carbonyl (C=O) groups is 2. The maximum absolute atomic E-state index is 14.3. The summed E-state index contributed by atoms with van der Waals surface area (Å²) in [4.78, 5) is 27.0. The summed E-state index contributed by atoms with van der Waals surface area (Å²) in [6.07, 6.45) is 0.972. The minimum absolute atomic E-state index is 0.0110. The van der Waals surface area contributed by atoms with Crippen LogP contribution >= 0.6 is 0 Å². The molecule has 0 aromatic heterocycles. The Morgan fingerprint density at radius 1 is 1.15 bits per heavy atom. The second-order valence-electron chi connectivity index (χ2n) is 7.49. The van der Waals surface area contributed by atoms with Gasteiger partial charge in [0.05, 0.1) is 11.9 Å². The minimum atomic E-state index is -3.89. The fraction of sp³-hybridized carbons (Fsp3) is 0.364. The van der Waals surface area contributed by atoms with Gasteiger partial charge in [0.1, 0.15) is 18.4 Å². The maximum atomic E-state index is 14.3. The fourth-order valence-corrected chi connectivity index (χ4v) is 4.21. The van der Waals surface area contributed by atoms with E-state index >= 15 is 0 Å². The van der Waals surface area contributed by atoms with E-state index in [4.69, 9.17) is 9.47 Å². The molecule has 0 unspecified atom stereocenters. The van der Waals surface area contributed by atoms with Crippen LogP contribution in [0.4, 0.5) is 10.1 Å². The number of halogens is 1. The molecule has 11 heteroatoms. The van der Waals surface area contributed by atoms with Crippen LogP contribution in [0.2, 0.25) is 0 Å². The number of nitrogens with one attached hydrogen (secondary N) is 1. The van der Waals surface area contributed by atoms with Gasteiger partial charge in [-0.05, 0) is 32.0 Å². The third-order valence-electron chi connectivity index (χ3n) is 5.14. The first-order valence-electron chi connectivity index (χ1n) is 10.3.